The van der Waals surface area contributed by atoms with Gasteiger partial charge in [-0.25, -0.2) is 0 Å². The first-order chi connectivity index (χ1) is 16.5. The third kappa shape index (κ3) is 7.86. The largest absolute Gasteiger partial charge is 0.497 e. The molecule has 0 aliphatic heterocycles. The summed E-state index contributed by atoms with van der Waals surface area (Å²) in [5.41, 5.74) is 2.04. The number of aliphatic hydroxyl groups excluding tert-OH is 2. The van der Waals surface area contributed by atoms with Crippen LogP contribution in [0.4, 0.5) is 5.69 Å². The van der Waals surface area contributed by atoms with E-state index in [1.165, 1.54) is 0 Å². The number of methoxy groups -OCH3 is 2. The Bertz CT molecular complexity index is 916. The van der Waals surface area contributed by atoms with Gasteiger partial charge in [0.2, 0.25) is 0 Å². The quantitative estimate of drug-likeness (QED) is 0.397. The van der Waals surface area contributed by atoms with Crippen molar-refractivity contribution in [3.63, 3.8) is 0 Å². The number of benzene rings is 3. The first kappa shape index (κ1) is 25.2. The highest BCUT2D eigenvalue weighted by Gasteiger charge is 2.18. The van der Waals surface area contributed by atoms with E-state index in [9.17, 15) is 10.2 Å². The summed E-state index contributed by atoms with van der Waals surface area (Å²) in [5.74, 6) is 2.78. The fourth-order valence-corrected chi connectivity index (χ4v) is 3.38. The Balaban J connectivity index is 1.57. The molecule has 0 aliphatic rings. The Morgan fingerprint density at radius 1 is 0.618 bits per heavy atom. The van der Waals surface area contributed by atoms with E-state index in [4.69, 9.17) is 18.9 Å². The molecule has 0 spiro atoms. The van der Waals surface area contributed by atoms with Gasteiger partial charge in [-0.2, -0.15) is 0 Å². The maximum atomic E-state index is 10.7. The van der Waals surface area contributed by atoms with Crippen molar-refractivity contribution >= 4 is 5.69 Å². The molecule has 0 radical (unpaired) electrons. The summed E-state index contributed by atoms with van der Waals surface area (Å²) in [6.07, 6.45) is -1.53. The highest BCUT2D eigenvalue weighted by Crippen LogP contribution is 2.20. The molecule has 182 valence electrons. The summed E-state index contributed by atoms with van der Waals surface area (Å²) in [6.45, 7) is 2.83. The van der Waals surface area contributed by atoms with Crippen LogP contribution in [0.2, 0.25) is 0 Å². The number of hydrogen-bond acceptors (Lipinski definition) is 7. The third-order valence-electron chi connectivity index (χ3n) is 5.27. The molecule has 2 unspecified atom stereocenters. The second-order valence-corrected chi connectivity index (χ2v) is 8.02. The molecule has 0 fully saturated rings. The van der Waals surface area contributed by atoms with Gasteiger partial charge in [0.05, 0.1) is 14.2 Å². The minimum Gasteiger partial charge on any atom is -0.497 e. The number of aliphatic hydroxyl groups is 2. The Labute approximate surface area is 201 Å². The van der Waals surface area contributed by atoms with E-state index in [0.717, 1.165) is 22.7 Å². The van der Waals surface area contributed by atoms with Crippen LogP contribution in [-0.4, -0.2) is 62.9 Å². The molecule has 0 saturated carbocycles. The van der Waals surface area contributed by atoms with Crippen LogP contribution in [0, 0.1) is 6.92 Å². The second kappa shape index (κ2) is 12.7. The van der Waals surface area contributed by atoms with Gasteiger partial charge in [-0.05, 0) is 67.6 Å². The van der Waals surface area contributed by atoms with Gasteiger partial charge in [0.1, 0.15) is 48.4 Å². The van der Waals surface area contributed by atoms with E-state index in [2.05, 4.69) is 0 Å². The van der Waals surface area contributed by atoms with E-state index in [0.29, 0.717) is 24.6 Å². The van der Waals surface area contributed by atoms with Crippen molar-refractivity contribution in [2.75, 3.05) is 45.4 Å². The second-order valence-electron chi connectivity index (χ2n) is 8.02. The van der Waals surface area contributed by atoms with Gasteiger partial charge in [-0.15, -0.1) is 0 Å². The predicted octanol–water partition coefficient (Wildman–Crippen LogP) is 3.70. The van der Waals surface area contributed by atoms with Crippen LogP contribution >= 0.6 is 0 Å². The first-order valence-electron chi connectivity index (χ1n) is 11.2. The molecular formula is C27H33NO6. The monoisotopic (exact) mass is 467 g/mol. The lowest BCUT2D eigenvalue weighted by molar-refractivity contribution is 0.0954. The molecule has 2 atom stereocenters. The molecule has 3 rings (SSSR count). The average Bonchev–Trinajstić information content (AvgIpc) is 2.87. The maximum absolute atomic E-state index is 10.7. The van der Waals surface area contributed by atoms with Crippen molar-refractivity contribution in [1.29, 1.82) is 0 Å². The summed E-state index contributed by atoms with van der Waals surface area (Å²) >= 11 is 0. The zero-order chi connectivity index (χ0) is 24.3. The van der Waals surface area contributed by atoms with Gasteiger partial charge in [-0.1, -0.05) is 17.7 Å². The van der Waals surface area contributed by atoms with E-state index >= 15 is 0 Å². The normalized spacial score (nSPS) is 12.5. The van der Waals surface area contributed by atoms with Crippen molar-refractivity contribution in [2.24, 2.45) is 0 Å². The SMILES string of the molecule is COc1ccc(OCC(O)CN(CC(O)COc2ccc(OC)cc2)c2ccc(C)cc2)cc1. The Morgan fingerprint density at radius 2 is 1.00 bits per heavy atom. The minimum absolute atomic E-state index is 0.118. The van der Waals surface area contributed by atoms with Crippen LogP contribution in [0.5, 0.6) is 23.0 Å². The van der Waals surface area contributed by atoms with Crippen LogP contribution in [0.15, 0.2) is 72.8 Å². The van der Waals surface area contributed by atoms with Gasteiger partial charge >= 0.3 is 0 Å². The van der Waals surface area contributed by atoms with E-state index in [1.807, 2.05) is 36.1 Å². The molecule has 0 amide bonds. The molecule has 3 aromatic carbocycles. The molecule has 0 bridgehead atoms. The zero-order valence-electron chi connectivity index (χ0n) is 19.9. The standard InChI is InChI=1S/C27H33NO6/c1-20-4-6-21(7-5-20)28(16-22(29)18-33-26-12-8-24(31-2)9-13-26)17-23(30)19-34-27-14-10-25(32-3)11-15-27/h4-15,22-23,29-30H,16-19H2,1-3H3. The van der Waals surface area contributed by atoms with Crippen LogP contribution in [0.3, 0.4) is 0 Å². The lowest BCUT2D eigenvalue weighted by Crippen LogP contribution is -2.41. The molecule has 7 nitrogen and oxygen atoms in total. The molecule has 0 heterocycles. The van der Waals surface area contributed by atoms with E-state index in [-0.39, 0.29) is 13.2 Å². The molecule has 7 heteroatoms. The minimum atomic E-state index is -0.766. The summed E-state index contributed by atoms with van der Waals surface area (Å²) in [4.78, 5) is 1.93. The maximum Gasteiger partial charge on any atom is 0.119 e. The molecule has 34 heavy (non-hydrogen) atoms. The molecule has 0 aliphatic carbocycles. The van der Waals surface area contributed by atoms with Gasteiger partial charge in [0, 0.05) is 18.8 Å². The van der Waals surface area contributed by atoms with Gasteiger partial charge < -0.3 is 34.1 Å². The number of aryl methyl sites for hydroxylation is 1. The van der Waals surface area contributed by atoms with Gasteiger partial charge in [0.25, 0.3) is 0 Å². The number of ether oxygens (including phenoxy) is 4. The van der Waals surface area contributed by atoms with Crippen molar-refractivity contribution in [3.05, 3.63) is 78.4 Å². The third-order valence-corrected chi connectivity index (χ3v) is 5.27. The van der Waals surface area contributed by atoms with E-state index in [1.54, 1.807) is 62.8 Å². The van der Waals surface area contributed by atoms with Crippen molar-refractivity contribution in [1.82, 2.24) is 0 Å². The molecule has 0 aromatic heterocycles. The fourth-order valence-electron chi connectivity index (χ4n) is 3.38. The molecular weight excluding hydrogens is 434 g/mol. The smallest absolute Gasteiger partial charge is 0.119 e. The first-order valence-corrected chi connectivity index (χ1v) is 11.2. The molecule has 0 saturated heterocycles. The van der Waals surface area contributed by atoms with Crippen molar-refractivity contribution < 1.29 is 29.2 Å². The van der Waals surface area contributed by atoms with Crippen LogP contribution in [-0.2, 0) is 0 Å². The van der Waals surface area contributed by atoms with Gasteiger partial charge in [0.15, 0.2) is 0 Å². The topological polar surface area (TPSA) is 80.6 Å². The number of nitrogens with zero attached hydrogens (tertiary/aromatic N) is 1. The average molecular weight is 468 g/mol. The lowest BCUT2D eigenvalue weighted by Gasteiger charge is -2.29. The fraction of sp³-hybridized carbons (Fsp3) is 0.333. The number of anilines is 1. The summed E-state index contributed by atoms with van der Waals surface area (Å²) < 4.78 is 21.7. The van der Waals surface area contributed by atoms with Crippen molar-refractivity contribution in [2.45, 2.75) is 19.1 Å². The summed E-state index contributed by atoms with van der Waals surface area (Å²) in [6, 6.07) is 22.4. The van der Waals surface area contributed by atoms with Crippen molar-refractivity contribution in [3.8, 4) is 23.0 Å². The van der Waals surface area contributed by atoms with Crippen LogP contribution in [0.1, 0.15) is 5.56 Å². The zero-order valence-corrected chi connectivity index (χ0v) is 19.9. The van der Waals surface area contributed by atoms with E-state index < -0.39 is 12.2 Å². The van der Waals surface area contributed by atoms with Gasteiger partial charge in [-0.3, -0.25) is 0 Å². The highest BCUT2D eigenvalue weighted by molar-refractivity contribution is 5.48. The Morgan fingerprint density at radius 3 is 1.38 bits per heavy atom. The predicted molar refractivity (Wildman–Crippen MR) is 132 cm³/mol. The molecule has 3 aromatic rings. The Kier molecular flexibility index (Phi) is 9.43. The number of rotatable bonds is 13. The summed E-state index contributed by atoms with van der Waals surface area (Å²) in [7, 11) is 3.21. The summed E-state index contributed by atoms with van der Waals surface area (Å²) in [5, 5.41) is 21.3. The lowest BCUT2D eigenvalue weighted by atomic mass is 10.2. The highest BCUT2D eigenvalue weighted by atomic mass is 16.5. The number of hydrogen-bond donors (Lipinski definition) is 2. The Hall–Kier alpha value is -3.42. The molecule has 2 N–H and O–H groups in total. The van der Waals surface area contributed by atoms with Crippen LogP contribution in [0.25, 0.3) is 0 Å². The van der Waals surface area contributed by atoms with Crippen LogP contribution < -0.4 is 23.8 Å².